The molecule has 0 bridgehead atoms. The van der Waals surface area contributed by atoms with Gasteiger partial charge in [0, 0.05) is 6.42 Å². The molecule has 1 heterocycles. The average molecular weight is 286 g/mol. The van der Waals surface area contributed by atoms with Crippen LogP contribution in [-0.4, -0.2) is 34.7 Å². The van der Waals surface area contributed by atoms with Gasteiger partial charge in [-0.2, -0.15) is 0 Å². The minimum absolute atomic E-state index is 0.125. The molecule has 5 nitrogen and oxygen atoms in total. The molecule has 1 saturated heterocycles. The highest BCUT2D eigenvalue weighted by atomic mass is 16.2. The molecule has 21 heavy (non-hydrogen) atoms. The molecule has 0 atom stereocenters. The van der Waals surface area contributed by atoms with Gasteiger partial charge >= 0.3 is 6.03 Å². The Morgan fingerprint density at radius 2 is 1.81 bits per heavy atom. The Morgan fingerprint density at radius 1 is 1.14 bits per heavy atom. The van der Waals surface area contributed by atoms with Crippen LogP contribution in [0.25, 0.3) is 0 Å². The summed E-state index contributed by atoms with van der Waals surface area (Å²) in [5.74, 6) is -0.355. The van der Waals surface area contributed by atoms with E-state index in [1.54, 1.807) is 0 Å². The fourth-order valence-electron chi connectivity index (χ4n) is 3.19. The van der Waals surface area contributed by atoms with Crippen molar-refractivity contribution in [1.82, 2.24) is 10.2 Å². The zero-order chi connectivity index (χ0) is 14.9. The highest BCUT2D eigenvalue weighted by Gasteiger charge is 2.52. The van der Waals surface area contributed by atoms with Crippen LogP contribution >= 0.6 is 0 Å². The number of amides is 3. The third kappa shape index (κ3) is 2.55. The zero-order valence-electron chi connectivity index (χ0n) is 11.8. The first kappa shape index (κ1) is 13.8. The minimum atomic E-state index is -0.732. The van der Waals surface area contributed by atoms with Crippen LogP contribution in [0.3, 0.4) is 0 Å². The van der Waals surface area contributed by atoms with Crippen LogP contribution in [0.4, 0.5) is 4.79 Å². The highest BCUT2D eigenvalue weighted by molar-refractivity contribution is 6.09. The van der Waals surface area contributed by atoms with E-state index in [4.69, 9.17) is 0 Å². The van der Waals surface area contributed by atoms with Crippen LogP contribution in [0, 0.1) is 0 Å². The molecule has 1 aliphatic carbocycles. The molecule has 1 saturated carbocycles. The second kappa shape index (κ2) is 5.31. The van der Waals surface area contributed by atoms with Gasteiger partial charge in [0.25, 0.3) is 5.91 Å². The number of carbonyl (C=O) groups is 3. The monoisotopic (exact) mass is 286 g/mol. The number of rotatable bonds is 4. The number of urea groups is 1. The third-order valence-corrected chi connectivity index (χ3v) is 4.28. The number of nitrogens with one attached hydrogen (secondary N) is 1. The summed E-state index contributed by atoms with van der Waals surface area (Å²) in [6, 6.07) is 8.91. The molecule has 0 radical (unpaired) electrons. The lowest BCUT2D eigenvalue weighted by molar-refractivity contribution is -0.134. The van der Waals surface area contributed by atoms with Crippen molar-refractivity contribution < 1.29 is 14.4 Å². The van der Waals surface area contributed by atoms with Gasteiger partial charge in [-0.05, 0) is 18.4 Å². The zero-order valence-corrected chi connectivity index (χ0v) is 11.8. The van der Waals surface area contributed by atoms with Crippen LogP contribution in [-0.2, 0) is 16.0 Å². The summed E-state index contributed by atoms with van der Waals surface area (Å²) in [4.78, 5) is 37.6. The molecule has 0 aromatic heterocycles. The maximum Gasteiger partial charge on any atom is 0.325 e. The summed E-state index contributed by atoms with van der Waals surface area (Å²) in [7, 11) is 0. The molecule has 2 aliphatic rings. The summed E-state index contributed by atoms with van der Waals surface area (Å²) >= 11 is 0. The predicted octanol–water partition coefficient (Wildman–Crippen LogP) is 1.66. The maximum atomic E-state index is 12.4. The van der Waals surface area contributed by atoms with Crippen LogP contribution in [0.5, 0.6) is 0 Å². The normalized spacial score (nSPS) is 20.1. The Bertz CT molecular complexity index is 576. The maximum absolute atomic E-state index is 12.4. The molecule has 1 aliphatic heterocycles. The lowest BCUT2D eigenvalue weighted by Gasteiger charge is -2.19. The second-order valence-electron chi connectivity index (χ2n) is 5.81. The molecule has 110 valence electrons. The number of hydrogen-bond donors (Lipinski definition) is 1. The standard InChI is InChI=1S/C16H18N2O3/c19-13(10-12-6-2-1-3-7-12)11-18-14(20)16(17-15(18)21)8-4-5-9-16/h1-3,6-7H,4-5,8-11H2,(H,17,21). The van der Waals surface area contributed by atoms with Crippen molar-refractivity contribution in [3.05, 3.63) is 35.9 Å². The van der Waals surface area contributed by atoms with E-state index < -0.39 is 11.6 Å². The number of nitrogens with zero attached hydrogens (tertiary/aromatic N) is 1. The molecule has 1 N–H and O–H groups in total. The quantitative estimate of drug-likeness (QED) is 0.856. The Labute approximate surface area is 123 Å². The molecule has 1 spiro atoms. The average Bonchev–Trinajstić information content (AvgIpc) is 3.02. The van der Waals surface area contributed by atoms with Gasteiger partial charge in [0.05, 0.1) is 6.54 Å². The van der Waals surface area contributed by atoms with Gasteiger partial charge < -0.3 is 5.32 Å². The fraction of sp³-hybridized carbons (Fsp3) is 0.438. The molecular weight excluding hydrogens is 268 g/mol. The summed E-state index contributed by atoms with van der Waals surface area (Å²) in [6.07, 6.45) is 3.49. The molecule has 0 unspecified atom stereocenters. The van der Waals surface area contributed by atoms with Gasteiger partial charge in [-0.25, -0.2) is 4.79 Å². The minimum Gasteiger partial charge on any atom is -0.323 e. The molecule has 3 amide bonds. The summed E-state index contributed by atoms with van der Waals surface area (Å²) in [6.45, 7) is -0.138. The van der Waals surface area contributed by atoms with Gasteiger partial charge in [0.1, 0.15) is 5.54 Å². The van der Waals surface area contributed by atoms with E-state index in [1.807, 2.05) is 30.3 Å². The smallest absolute Gasteiger partial charge is 0.323 e. The van der Waals surface area contributed by atoms with Gasteiger partial charge in [0.15, 0.2) is 5.78 Å². The molecule has 1 aromatic carbocycles. The summed E-state index contributed by atoms with van der Waals surface area (Å²) < 4.78 is 0. The number of hydrogen-bond acceptors (Lipinski definition) is 3. The van der Waals surface area contributed by atoms with Crippen molar-refractivity contribution in [2.24, 2.45) is 0 Å². The van der Waals surface area contributed by atoms with Crippen LogP contribution in [0.2, 0.25) is 0 Å². The Balaban J connectivity index is 1.66. The SMILES string of the molecule is O=C(Cc1ccccc1)CN1C(=O)NC2(CCCC2)C1=O. The highest BCUT2D eigenvalue weighted by Crippen LogP contribution is 2.34. The van der Waals surface area contributed by atoms with E-state index in [0.29, 0.717) is 12.8 Å². The van der Waals surface area contributed by atoms with Crippen molar-refractivity contribution >= 4 is 17.7 Å². The van der Waals surface area contributed by atoms with Crippen molar-refractivity contribution in [1.29, 1.82) is 0 Å². The number of Topliss-reactive ketones (excluding diaryl/α,β-unsaturated/α-hetero) is 1. The predicted molar refractivity (Wildman–Crippen MR) is 76.6 cm³/mol. The molecule has 5 heteroatoms. The van der Waals surface area contributed by atoms with Crippen LogP contribution in [0.1, 0.15) is 31.2 Å². The van der Waals surface area contributed by atoms with Gasteiger partial charge in [-0.1, -0.05) is 43.2 Å². The Hall–Kier alpha value is -2.17. The van der Waals surface area contributed by atoms with Crippen molar-refractivity contribution in [2.45, 2.75) is 37.6 Å². The molecule has 1 aromatic rings. The van der Waals surface area contributed by atoms with Crippen molar-refractivity contribution in [3.8, 4) is 0 Å². The van der Waals surface area contributed by atoms with Crippen LogP contribution < -0.4 is 5.32 Å². The number of benzene rings is 1. The molecular formula is C16H18N2O3. The molecule has 2 fully saturated rings. The van der Waals surface area contributed by atoms with E-state index in [0.717, 1.165) is 23.3 Å². The number of ketones is 1. The summed E-state index contributed by atoms with van der Waals surface area (Å²) in [5.41, 5.74) is 0.162. The van der Waals surface area contributed by atoms with Gasteiger partial charge in [-0.3, -0.25) is 14.5 Å². The first-order valence-corrected chi connectivity index (χ1v) is 7.30. The Morgan fingerprint density at radius 3 is 2.48 bits per heavy atom. The number of imide groups is 1. The molecule has 3 rings (SSSR count). The number of carbonyl (C=O) groups excluding carboxylic acids is 3. The third-order valence-electron chi connectivity index (χ3n) is 4.28. The summed E-state index contributed by atoms with van der Waals surface area (Å²) in [5, 5.41) is 2.78. The van der Waals surface area contributed by atoms with E-state index in [-0.39, 0.29) is 24.7 Å². The van der Waals surface area contributed by atoms with E-state index in [1.165, 1.54) is 0 Å². The topological polar surface area (TPSA) is 66.5 Å². The Kier molecular flexibility index (Phi) is 3.49. The fourth-order valence-corrected chi connectivity index (χ4v) is 3.19. The van der Waals surface area contributed by atoms with Gasteiger partial charge in [0.2, 0.25) is 0 Å². The lowest BCUT2D eigenvalue weighted by Crippen LogP contribution is -2.44. The van der Waals surface area contributed by atoms with Gasteiger partial charge in [-0.15, -0.1) is 0 Å². The van der Waals surface area contributed by atoms with Crippen molar-refractivity contribution in [2.75, 3.05) is 6.54 Å². The van der Waals surface area contributed by atoms with Crippen LogP contribution in [0.15, 0.2) is 30.3 Å². The first-order valence-electron chi connectivity index (χ1n) is 7.30. The largest absolute Gasteiger partial charge is 0.325 e. The first-order chi connectivity index (χ1) is 10.1. The van der Waals surface area contributed by atoms with E-state index in [2.05, 4.69) is 5.32 Å². The van der Waals surface area contributed by atoms with E-state index >= 15 is 0 Å². The van der Waals surface area contributed by atoms with Crippen molar-refractivity contribution in [3.63, 3.8) is 0 Å². The second-order valence-corrected chi connectivity index (χ2v) is 5.81. The van der Waals surface area contributed by atoms with E-state index in [9.17, 15) is 14.4 Å². The lowest BCUT2D eigenvalue weighted by atomic mass is 9.98.